The molecule has 2 aromatic rings. The maximum atomic E-state index is 14.0. The summed E-state index contributed by atoms with van der Waals surface area (Å²) in [5.74, 6) is -2.06. The van der Waals surface area contributed by atoms with E-state index in [4.69, 9.17) is 0 Å². The minimum atomic E-state index is -1.51. The number of hydrogen-bond acceptors (Lipinski definition) is 5. The third-order valence-electron chi connectivity index (χ3n) is 3.78. The summed E-state index contributed by atoms with van der Waals surface area (Å²) in [7, 11) is 0. The van der Waals surface area contributed by atoms with E-state index in [1.165, 1.54) is 12.1 Å². The van der Waals surface area contributed by atoms with Gasteiger partial charge in [-0.1, -0.05) is 15.9 Å². The molecular formula is C15H12BrFN2O5. The Morgan fingerprint density at radius 1 is 1.29 bits per heavy atom. The number of rotatable bonds is 3. The van der Waals surface area contributed by atoms with Gasteiger partial charge in [0.1, 0.15) is 23.6 Å². The number of pyridine rings is 1. The molecule has 0 amide bonds. The molecule has 0 saturated heterocycles. The molecule has 24 heavy (non-hydrogen) atoms. The molecule has 2 atom stereocenters. The lowest BCUT2D eigenvalue weighted by molar-refractivity contribution is 0.0300. The van der Waals surface area contributed by atoms with Gasteiger partial charge < -0.3 is 25.2 Å². The Kier molecular flexibility index (Phi) is 4.16. The van der Waals surface area contributed by atoms with Crippen LogP contribution in [0.2, 0.25) is 0 Å². The number of aromatic nitrogens is 1. The van der Waals surface area contributed by atoms with E-state index < -0.39 is 29.6 Å². The van der Waals surface area contributed by atoms with Crippen molar-refractivity contribution in [2.45, 2.75) is 18.8 Å². The third-order valence-corrected chi connectivity index (χ3v) is 4.27. The number of benzene rings is 1. The number of halogens is 2. The first-order chi connectivity index (χ1) is 11.3. The minimum Gasteiger partial charge on any atom is -0.478 e. The summed E-state index contributed by atoms with van der Waals surface area (Å²) < 4.78 is 15.5. The van der Waals surface area contributed by atoms with Gasteiger partial charge >= 0.3 is 5.97 Å². The summed E-state index contributed by atoms with van der Waals surface area (Å²) in [6.07, 6.45) is -2.80. The normalized spacial score (nSPS) is 19.2. The highest BCUT2D eigenvalue weighted by molar-refractivity contribution is 9.10. The Labute approximate surface area is 143 Å². The van der Waals surface area contributed by atoms with Crippen LogP contribution in [0.5, 0.6) is 0 Å². The van der Waals surface area contributed by atoms with Crippen LogP contribution in [0.25, 0.3) is 0 Å². The summed E-state index contributed by atoms with van der Waals surface area (Å²) in [6, 6.07) is 5.10. The molecule has 126 valence electrons. The number of carbonyl (C=O) groups is 1. The van der Waals surface area contributed by atoms with Gasteiger partial charge in [0.2, 0.25) is 0 Å². The van der Waals surface area contributed by atoms with Crippen molar-refractivity contribution >= 4 is 33.3 Å². The van der Waals surface area contributed by atoms with E-state index in [9.17, 15) is 29.3 Å². The third kappa shape index (κ3) is 2.70. The monoisotopic (exact) mass is 398 g/mol. The molecule has 0 spiro atoms. The number of nitrogens with zero attached hydrogens (tertiary/aromatic N) is 1. The van der Waals surface area contributed by atoms with Crippen molar-refractivity contribution in [1.29, 1.82) is 0 Å². The number of aliphatic hydroxyl groups excluding tert-OH is 2. The van der Waals surface area contributed by atoms with Crippen LogP contribution in [-0.4, -0.2) is 32.0 Å². The molecule has 7 nitrogen and oxygen atoms in total. The molecule has 1 aromatic heterocycles. The molecule has 3 rings (SSSR count). The standard InChI is InChI=1S/C15H12BrFN2O5/c16-6-1-2-8(7(17)3-6)18-9-4-11(21)19-5-10(20)14(22)13(19)12(9)15(23)24/h1-4,10,14,18,20,22H,5H2,(H,23,24). The minimum absolute atomic E-state index is 0.0296. The van der Waals surface area contributed by atoms with Crippen molar-refractivity contribution in [2.75, 3.05) is 5.32 Å². The summed E-state index contributed by atoms with van der Waals surface area (Å²) in [6.45, 7) is -0.206. The lowest BCUT2D eigenvalue weighted by atomic mass is 10.1. The van der Waals surface area contributed by atoms with Crippen LogP contribution in [0.1, 0.15) is 22.2 Å². The van der Waals surface area contributed by atoms with Gasteiger partial charge in [0.25, 0.3) is 5.56 Å². The first-order valence-corrected chi connectivity index (χ1v) is 7.68. The summed E-state index contributed by atoms with van der Waals surface area (Å²) >= 11 is 3.11. The molecule has 2 unspecified atom stereocenters. The SMILES string of the molecule is O=C(O)c1c(Nc2ccc(Br)cc2F)cc(=O)n2c1C(O)C(O)C2. The lowest BCUT2D eigenvalue weighted by Crippen LogP contribution is -2.24. The van der Waals surface area contributed by atoms with Gasteiger partial charge in [0, 0.05) is 10.5 Å². The zero-order valence-electron chi connectivity index (χ0n) is 12.0. The Bertz CT molecular complexity index is 898. The Morgan fingerprint density at radius 2 is 2.00 bits per heavy atom. The summed E-state index contributed by atoms with van der Waals surface area (Å²) in [5, 5.41) is 31.8. The van der Waals surface area contributed by atoms with Gasteiger partial charge in [0.15, 0.2) is 0 Å². The summed E-state index contributed by atoms with van der Waals surface area (Å²) in [4.78, 5) is 23.8. The first kappa shape index (κ1) is 16.6. The molecule has 0 fully saturated rings. The average Bonchev–Trinajstić information content (AvgIpc) is 2.79. The lowest BCUT2D eigenvalue weighted by Gasteiger charge is -2.16. The number of anilines is 2. The van der Waals surface area contributed by atoms with E-state index in [1.54, 1.807) is 6.07 Å². The van der Waals surface area contributed by atoms with Crippen molar-refractivity contribution in [3.8, 4) is 0 Å². The van der Waals surface area contributed by atoms with Gasteiger partial charge in [-0.05, 0) is 18.2 Å². The highest BCUT2D eigenvalue weighted by Gasteiger charge is 2.36. The van der Waals surface area contributed by atoms with Crippen molar-refractivity contribution in [3.05, 3.63) is 56.2 Å². The Morgan fingerprint density at radius 3 is 2.62 bits per heavy atom. The molecule has 0 aliphatic carbocycles. The molecule has 4 N–H and O–H groups in total. The van der Waals surface area contributed by atoms with E-state index in [0.717, 1.165) is 10.6 Å². The van der Waals surface area contributed by atoms with Gasteiger partial charge in [0.05, 0.1) is 23.6 Å². The largest absolute Gasteiger partial charge is 0.478 e. The molecule has 1 aliphatic heterocycles. The van der Waals surface area contributed by atoms with Gasteiger partial charge in [-0.2, -0.15) is 0 Å². The van der Waals surface area contributed by atoms with E-state index in [0.29, 0.717) is 4.47 Å². The van der Waals surface area contributed by atoms with E-state index in [2.05, 4.69) is 21.2 Å². The first-order valence-electron chi connectivity index (χ1n) is 6.89. The zero-order valence-corrected chi connectivity index (χ0v) is 13.6. The fourth-order valence-electron chi connectivity index (χ4n) is 2.69. The molecule has 1 aromatic carbocycles. The second-order valence-electron chi connectivity index (χ2n) is 5.33. The predicted molar refractivity (Wildman–Crippen MR) is 86.0 cm³/mol. The highest BCUT2D eigenvalue weighted by Crippen LogP contribution is 2.33. The average molecular weight is 399 g/mol. The number of carboxylic acid groups (broad SMARTS) is 1. The van der Waals surface area contributed by atoms with Crippen LogP contribution in [0.15, 0.2) is 33.5 Å². The highest BCUT2D eigenvalue weighted by atomic mass is 79.9. The molecule has 0 saturated carbocycles. The number of fused-ring (bicyclic) bond motifs is 1. The maximum Gasteiger partial charge on any atom is 0.339 e. The van der Waals surface area contributed by atoms with Crippen molar-refractivity contribution < 1.29 is 24.5 Å². The van der Waals surface area contributed by atoms with Crippen molar-refractivity contribution in [2.24, 2.45) is 0 Å². The second-order valence-corrected chi connectivity index (χ2v) is 6.25. The topological polar surface area (TPSA) is 112 Å². The van der Waals surface area contributed by atoms with Crippen LogP contribution in [0.4, 0.5) is 15.8 Å². The van der Waals surface area contributed by atoms with Gasteiger partial charge in [-0.25, -0.2) is 9.18 Å². The van der Waals surface area contributed by atoms with Crippen LogP contribution < -0.4 is 10.9 Å². The fourth-order valence-corrected chi connectivity index (χ4v) is 3.02. The van der Waals surface area contributed by atoms with Crippen LogP contribution in [0, 0.1) is 5.82 Å². The number of aliphatic hydroxyl groups is 2. The number of hydrogen-bond donors (Lipinski definition) is 4. The van der Waals surface area contributed by atoms with Crippen LogP contribution >= 0.6 is 15.9 Å². The molecule has 0 radical (unpaired) electrons. The molecule has 0 bridgehead atoms. The number of aromatic carboxylic acids is 1. The van der Waals surface area contributed by atoms with E-state index >= 15 is 0 Å². The quantitative estimate of drug-likeness (QED) is 0.624. The van der Waals surface area contributed by atoms with Gasteiger partial charge in [-0.15, -0.1) is 0 Å². The van der Waals surface area contributed by atoms with E-state index in [1.807, 2.05) is 0 Å². The number of carboxylic acids is 1. The van der Waals surface area contributed by atoms with Crippen molar-refractivity contribution in [3.63, 3.8) is 0 Å². The Hall–Kier alpha value is -2.23. The molecule has 1 aliphatic rings. The fraction of sp³-hybridized carbons (Fsp3) is 0.200. The Balaban J connectivity index is 2.17. The molecular weight excluding hydrogens is 387 g/mol. The number of nitrogens with one attached hydrogen (secondary N) is 1. The zero-order chi connectivity index (χ0) is 17.6. The molecule has 2 heterocycles. The van der Waals surface area contributed by atoms with E-state index in [-0.39, 0.29) is 29.2 Å². The molecule has 9 heteroatoms. The maximum absolute atomic E-state index is 14.0. The van der Waals surface area contributed by atoms with Crippen molar-refractivity contribution in [1.82, 2.24) is 4.57 Å². The van der Waals surface area contributed by atoms with Crippen LogP contribution in [-0.2, 0) is 6.54 Å². The summed E-state index contributed by atoms with van der Waals surface area (Å²) in [5.41, 5.74) is -1.39. The van der Waals surface area contributed by atoms with Gasteiger partial charge in [-0.3, -0.25) is 4.79 Å². The smallest absolute Gasteiger partial charge is 0.339 e. The predicted octanol–water partition coefficient (Wildman–Crippen LogP) is 1.60. The second kappa shape index (κ2) is 6.00. The van der Waals surface area contributed by atoms with Crippen LogP contribution in [0.3, 0.4) is 0 Å².